The zero-order valence-electron chi connectivity index (χ0n) is 17.5. The molecule has 0 radical (unpaired) electrons. The molecule has 1 fully saturated rings. The van der Waals surface area contributed by atoms with Crippen molar-refractivity contribution in [1.82, 2.24) is 20.0 Å². The van der Waals surface area contributed by atoms with Crippen LogP contribution in [-0.2, 0) is 13.1 Å². The van der Waals surface area contributed by atoms with Gasteiger partial charge in [0.2, 0.25) is 11.8 Å². The summed E-state index contributed by atoms with van der Waals surface area (Å²) in [7, 11) is 3.30. The van der Waals surface area contributed by atoms with Gasteiger partial charge in [-0.15, -0.1) is 10.2 Å². The van der Waals surface area contributed by atoms with Gasteiger partial charge in [-0.2, -0.15) is 0 Å². The lowest BCUT2D eigenvalue weighted by Crippen LogP contribution is -2.45. The van der Waals surface area contributed by atoms with Crippen LogP contribution in [0.15, 0.2) is 40.8 Å². The highest BCUT2D eigenvalue weighted by Gasteiger charge is 2.20. The molecule has 0 saturated carbocycles. The highest BCUT2D eigenvalue weighted by molar-refractivity contribution is 6.36. The van der Waals surface area contributed by atoms with Crippen molar-refractivity contribution in [2.75, 3.05) is 40.4 Å². The molecule has 9 heteroatoms. The number of aromatic nitrogens is 2. The summed E-state index contributed by atoms with van der Waals surface area (Å²) in [5.74, 6) is 2.49. The summed E-state index contributed by atoms with van der Waals surface area (Å²) < 4.78 is 16.6. The van der Waals surface area contributed by atoms with E-state index in [1.807, 2.05) is 12.1 Å². The average molecular weight is 463 g/mol. The molecule has 4 rings (SSSR count). The first-order valence-corrected chi connectivity index (χ1v) is 10.7. The average Bonchev–Trinajstić information content (AvgIpc) is 3.23. The molecule has 0 bridgehead atoms. The summed E-state index contributed by atoms with van der Waals surface area (Å²) in [6, 6.07) is 11.3. The Balaban J connectivity index is 1.31. The van der Waals surface area contributed by atoms with Crippen LogP contribution < -0.4 is 9.47 Å². The maximum Gasteiger partial charge on any atom is 0.249 e. The Morgan fingerprint density at radius 2 is 1.58 bits per heavy atom. The van der Waals surface area contributed by atoms with E-state index in [0.29, 0.717) is 33.9 Å². The fourth-order valence-electron chi connectivity index (χ4n) is 3.62. The van der Waals surface area contributed by atoms with Crippen LogP contribution in [0.3, 0.4) is 0 Å². The topological polar surface area (TPSA) is 63.9 Å². The van der Waals surface area contributed by atoms with Crippen molar-refractivity contribution < 1.29 is 13.9 Å². The lowest BCUT2D eigenvalue weighted by molar-refractivity contribution is 0.114. The Hall–Kier alpha value is -2.32. The summed E-state index contributed by atoms with van der Waals surface area (Å²) >= 11 is 12.2. The van der Waals surface area contributed by atoms with Crippen LogP contribution in [-0.4, -0.2) is 60.4 Å². The Morgan fingerprint density at radius 1 is 0.871 bits per heavy atom. The first-order chi connectivity index (χ1) is 15.1. The van der Waals surface area contributed by atoms with Crippen molar-refractivity contribution in [2.45, 2.75) is 13.1 Å². The first kappa shape index (κ1) is 21.9. The third kappa shape index (κ3) is 5.30. The Labute approximate surface area is 191 Å². The van der Waals surface area contributed by atoms with Gasteiger partial charge in [0, 0.05) is 37.7 Å². The van der Waals surface area contributed by atoms with Gasteiger partial charge in [0.25, 0.3) is 0 Å². The number of piperazine rings is 1. The number of methoxy groups -OCH3 is 2. The second kappa shape index (κ2) is 9.87. The maximum atomic E-state index is 6.24. The Bertz CT molecular complexity index is 1040. The zero-order valence-corrected chi connectivity index (χ0v) is 19.0. The number of nitrogens with zero attached hydrogens (tertiary/aromatic N) is 4. The van der Waals surface area contributed by atoms with Crippen molar-refractivity contribution in [2.24, 2.45) is 0 Å². The van der Waals surface area contributed by atoms with E-state index in [4.69, 9.17) is 37.1 Å². The summed E-state index contributed by atoms with van der Waals surface area (Å²) in [6.07, 6.45) is 0. The van der Waals surface area contributed by atoms with Crippen molar-refractivity contribution >= 4 is 23.2 Å². The van der Waals surface area contributed by atoms with Gasteiger partial charge in [-0.1, -0.05) is 29.3 Å². The molecule has 3 aromatic rings. The van der Waals surface area contributed by atoms with Crippen LogP contribution in [0.1, 0.15) is 11.5 Å². The lowest BCUT2D eigenvalue weighted by atomic mass is 10.1. The molecule has 31 heavy (non-hydrogen) atoms. The Morgan fingerprint density at radius 3 is 2.26 bits per heavy atom. The highest BCUT2D eigenvalue weighted by Crippen LogP contribution is 2.30. The van der Waals surface area contributed by atoms with E-state index in [2.05, 4.69) is 26.1 Å². The molecule has 0 N–H and O–H groups in total. The SMILES string of the molecule is COc1ccc(CN2CCN(Cc3nnc(-c4ccc(Cl)cc4Cl)o3)CC2)cc1OC. The van der Waals surface area contributed by atoms with Crippen molar-refractivity contribution in [3.63, 3.8) is 0 Å². The molecule has 1 saturated heterocycles. The number of ether oxygens (including phenoxy) is 2. The normalized spacial score (nSPS) is 15.2. The van der Waals surface area contributed by atoms with Crippen molar-refractivity contribution in [3.05, 3.63) is 57.9 Å². The van der Waals surface area contributed by atoms with Gasteiger partial charge in [0.05, 0.1) is 31.4 Å². The monoisotopic (exact) mass is 462 g/mol. The predicted molar refractivity (Wildman–Crippen MR) is 120 cm³/mol. The third-order valence-corrected chi connectivity index (χ3v) is 5.85. The van der Waals surface area contributed by atoms with Gasteiger partial charge in [0.1, 0.15) is 0 Å². The molecular weight excluding hydrogens is 439 g/mol. The van der Waals surface area contributed by atoms with E-state index < -0.39 is 0 Å². The summed E-state index contributed by atoms with van der Waals surface area (Å²) in [6.45, 7) is 5.24. The second-order valence-corrected chi connectivity index (χ2v) is 8.21. The van der Waals surface area contributed by atoms with E-state index in [1.54, 1.807) is 32.4 Å². The maximum absolute atomic E-state index is 6.24. The van der Waals surface area contributed by atoms with Crippen LogP contribution >= 0.6 is 23.2 Å². The molecule has 0 aliphatic carbocycles. The van der Waals surface area contributed by atoms with Crippen molar-refractivity contribution in [3.8, 4) is 23.0 Å². The molecule has 1 aromatic heterocycles. The number of halogens is 2. The fourth-order valence-corrected chi connectivity index (χ4v) is 4.11. The standard InChI is InChI=1S/C22H24Cl2N4O3/c1-29-19-6-3-15(11-20(19)30-2)13-27-7-9-28(10-8-27)14-21-25-26-22(31-21)17-5-4-16(23)12-18(17)24/h3-6,11-12H,7-10,13-14H2,1-2H3. The highest BCUT2D eigenvalue weighted by atomic mass is 35.5. The van der Waals surface area contributed by atoms with E-state index in [0.717, 1.165) is 44.2 Å². The van der Waals surface area contributed by atoms with Crippen LogP contribution in [0.4, 0.5) is 0 Å². The molecule has 0 atom stereocenters. The molecule has 0 spiro atoms. The van der Waals surface area contributed by atoms with E-state index in [1.165, 1.54) is 5.56 Å². The Kier molecular flexibility index (Phi) is 6.97. The second-order valence-electron chi connectivity index (χ2n) is 7.37. The van der Waals surface area contributed by atoms with Crippen LogP contribution in [0.2, 0.25) is 10.0 Å². The largest absolute Gasteiger partial charge is 0.493 e. The molecule has 2 aromatic carbocycles. The lowest BCUT2D eigenvalue weighted by Gasteiger charge is -2.34. The van der Waals surface area contributed by atoms with Crippen LogP contribution in [0, 0.1) is 0 Å². The van der Waals surface area contributed by atoms with E-state index in [9.17, 15) is 0 Å². The molecular formula is C22H24Cl2N4O3. The van der Waals surface area contributed by atoms with Gasteiger partial charge in [-0.25, -0.2) is 0 Å². The minimum Gasteiger partial charge on any atom is -0.493 e. The number of benzene rings is 2. The molecule has 1 aliphatic heterocycles. The molecule has 1 aliphatic rings. The zero-order chi connectivity index (χ0) is 21.8. The predicted octanol–water partition coefficient (Wildman–Crippen LogP) is 4.38. The summed E-state index contributed by atoms with van der Waals surface area (Å²) in [4.78, 5) is 4.73. The number of hydrogen-bond acceptors (Lipinski definition) is 7. The van der Waals surface area contributed by atoms with Gasteiger partial charge in [-0.05, 0) is 35.9 Å². The van der Waals surface area contributed by atoms with E-state index >= 15 is 0 Å². The number of hydrogen-bond donors (Lipinski definition) is 0. The molecule has 0 amide bonds. The minimum absolute atomic E-state index is 0.406. The van der Waals surface area contributed by atoms with Gasteiger partial charge in [0.15, 0.2) is 11.5 Å². The number of rotatable bonds is 7. The van der Waals surface area contributed by atoms with Crippen LogP contribution in [0.25, 0.3) is 11.5 Å². The molecule has 164 valence electrons. The van der Waals surface area contributed by atoms with Gasteiger partial charge < -0.3 is 13.9 Å². The van der Waals surface area contributed by atoms with Gasteiger partial charge in [-0.3, -0.25) is 9.80 Å². The molecule has 7 nitrogen and oxygen atoms in total. The quantitative estimate of drug-likeness (QED) is 0.515. The summed E-state index contributed by atoms with van der Waals surface area (Å²) in [5, 5.41) is 9.38. The summed E-state index contributed by atoms with van der Waals surface area (Å²) in [5.41, 5.74) is 1.89. The fraction of sp³-hybridized carbons (Fsp3) is 0.364. The van der Waals surface area contributed by atoms with Crippen LogP contribution in [0.5, 0.6) is 11.5 Å². The van der Waals surface area contributed by atoms with E-state index in [-0.39, 0.29) is 0 Å². The molecule has 0 unspecified atom stereocenters. The minimum atomic E-state index is 0.406. The van der Waals surface area contributed by atoms with Crippen molar-refractivity contribution in [1.29, 1.82) is 0 Å². The first-order valence-electron chi connectivity index (χ1n) is 9.99. The smallest absolute Gasteiger partial charge is 0.249 e. The molecule has 2 heterocycles. The van der Waals surface area contributed by atoms with Gasteiger partial charge >= 0.3 is 0 Å². The third-order valence-electron chi connectivity index (χ3n) is 5.31.